The number of imidazole rings is 1. The Balaban J connectivity index is 2.20. The van der Waals surface area contributed by atoms with Gasteiger partial charge in [0.05, 0.1) is 0 Å². The van der Waals surface area contributed by atoms with E-state index in [0.29, 0.717) is 12.1 Å². The first-order valence-electron chi connectivity index (χ1n) is 5.23. The maximum atomic E-state index is 12.5. The predicted octanol–water partition coefficient (Wildman–Crippen LogP) is 2.14. The first-order valence-corrected chi connectivity index (χ1v) is 5.23. The van der Waals surface area contributed by atoms with Crippen LogP contribution in [-0.4, -0.2) is 32.0 Å². The largest absolute Gasteiger partial charge is 0.440 e. The van der Waals surface area contributed by atoms with Crippen molar-refractivity contribution in [2.24, 2.45) is 5.16 Å². The molecule has 19 heavy (non-hydrogen) atoms. The van der Waals surface area contributed by atoms with E-state index in [1.54, 1.807) is 24.5 Å². The highest BCUT2D eigenvalue weighted by Crippen LogP contribution is 2.21. The molecule has 8 heteroatoms. The average molecular weight is 270 g/mol. The van der Waals surface area contributed by atoms with Crippen LogP contribution in [0.2, 0.25) is 0 Å². The highest BCUT2D eigenvalue weighted by Gasteiger charge is 2.39. The van der Waals surface area contributed by atoms with Crippen LogP contribution in [0.5, 0.6) is 0 Å². The van der Waals surface area contributed by atoms with Gasteiger partial charge in [-0.05, 0) is 17.7 Å². The van der Waals surface area contributed by atoms with Crippen molar-refractivity contribution in [1.29, 1.82) is 0 Å². The van der Waals surface area contributed by atoms with Crippen molar-refractivity contribution in [1.82, 2.24) is 15.0 Å². The summed E-state index contributed by atoms with van der Waals surface area (Å²) in [5.41, 5.74) is -0.0974. The summed E-state index contributed by atoms with van der Waals surface area (Å²) in [4.78, 5) is 9.88. The SMILES string of the molecule is O/N=C(/c1ncc(Cc2ccncc2)[nH]1)C(F)(F)F. The molecule has 0 spiro atoms. The van der Waals surface area contributed by atoms with Gasteiger partial charge in [0.2, 0.25) is 5.71 Å². The smallest absolute Gasteiger partial charge is 0.410 e. The molecular weight excluding hydrogens is 261 g/mol. The second-order valence-electron chi connectivity index (χ2n) is 3.74. The Morgan fingerprint density at radius 2 is 2.00 bits per heavy atom. The van der Waals surface area contributed by atoms with Crippen LogP contribution in [0.1, 0.15) is 17.1 Å². The number of nitrogens with one attached hydrogen (secondary N) is 1. The molecule has 2 aromatic rings. The third-order valence-electron chi connectivity index (χ3n) is 2.37. The lowest BCUT2D eigenvalue weighted by Gasteiger charge is -2.05. The Hall–Kier alpha value is -2.38. The zero-order valence-corrected chi connectivity index (χ0v) is 9.52. The van der Waals surface area contributed by atoms with E-state index in [1.807, 2.05) is 0 Å². The maximum Gasteiger partial charge on any atom is 0.440 e. The summed E-state index contributed by atoms with van der Waals surface area (Å²) in [5.74, 6) is -0.515. The molecule has 0 atom stereocenters. The van der Waals surface area contributed by atoms with E-state index in [9.17, 15) is 13.2 Å². The maximum absolute atomic E-state index is 12.5. The van der Waals surface area contributed by atoms with Gasteiger partial charge < -0.3 is 10.2 Å². The lowest BCUT2D eigenvalue weighted by Crippen LogP contribution is -2.25. The number of aromatic nitrogens is 3. The first-order chi connectivity index (χ1) is 9.00. The summed E-state index contributed by atoms with van der Waals surface area (Å²) in [7, 11) is 0. The van der Waals surface area contributed by atoms with Gasteiger partial charge >= 0.3 is 6.18 Å². The van der Waals surface area contributed by atoms with Gasteiger partial charge in [0, 0.05) is 30.7 Å². The Bertz CT molecular complexity index is 577. The molecule has 0 fully saturated rings. The quantitative estimate of drug-likeness (QED) is 0.509. The number of rotatable bonds is 3. The second-order valence-corrected chi connectivity index (χ2v) is 3.74. The Morgan fingerprint density at radius 1 is 1.32 bits per heavy atom. The Kier molecular flexibility index (Phi) is 3.50. The van der Waals surface area contributed by atoms with Crippen LogP contribution in [0.3, 0.4) is 0 Å². The van der Waals surface area contributed by atoms with Gasteiger partial charge in [-0.3, -0.25) is 4.98 Å². The van der Waals surface area contributed by atoms with Crippen molar-refractivity contribution >= 4 is 5.71 Å². The fourth-order valence-corrected chi connectivity index (χ4v) is 1.53. The van der Waals surface area contributed by atoms with Crippen molar-refractivity contribution in [2.45, 2.75) is 12.6 Å². The molecule has 0 bridgehead atoms. The molecule has 100 valence electrons. The molecule has 0 unspecified atom stereocenters. The van der Waals surface area contributed by atoms with E-state index in [-0.39, 0.29) is 0 Å². The third-order valence-corrected chi connectivity index (χ3v) is 2.37. The van der Waals surface area contributed by atoms with Gasteiger partial charge in [-0.15, -0.1) is 0 Å². The van der Waals surface area contributed by atoms with E-state index in [0.717, 1.165) is 5.56 Å². The fourth-order valence-electron chi connectivity index (χ4n) is 1.53. The Morgan fingerprint density at radius 3 is 2.58 bits per heavy atom. The van der Waals surface area contributed by atoms with Crippen molar-refractivity contribution in [3.63, 3.8) is 0 Å². The van der Waals surface area contributed by atoms with Crippen LogP contribution < -0.4 is 0 Å². The Labute approximate surface area is 105 Å². The van der Waals surface area contributed by atoms with Crippen LogP contribution in [0, 0.1) is 0 Å². The molecule has 0 radical (unpaired) electrons. The van der Waals surface area contributed by atoms with Crippen LogP contribution in [0.4, 0.5) is 13.2 Å². The number of nitrogens with zero attached hydrogens (tertiary/aromatic N) is 3. The molecule has 2 aromatic heterocycles. The minimum Gasteiger partial charge on any atom is -0.410 e. The number of aromatic amines is 1. The number of hydrogen-bond acceptors (Lipinski definition) is 4. The predicted molar refractivity (Wildman–Crippen MR) is 60.0 cm³/mol. The summed E-state index contributed by atoms with van der Waals surface area (Å²) in [6, 6.07) is 3.48. The average Bonchev–Trinajstić information content (AvgIpc) is 2.77. The molecule has 0 amide bonds. The molecule has 0 saturated heterocycles. The zero-order valence-electron chi connectivity index (χ0n) is 9.52. The summed E-state index contributed by atoms with van der Waals surface area (Å²) in [5, 5.41) is 10.7. The van der Waals surface area contributed by atoms with Crippen molar-refractivity contribution in [3.05, 3.63) is 47.8 Å². The van der Waals surface area contributed by atoms with Gasteiger partial charge in [-0.25, -0.2) is 4.98 Å². The number of alkyl halides is 3. The minimum atomic E-state index is -4.76. The van der Waals surface area contributed by atoms with Gasteiger partial charge in [-0.2, -0.15) is 13.2 Å². The number of oxime groups is 1. The zero-order chi connectivity index (χ0) is 13.9. The van der Waals surface area contributed by atoms with E-state index in [4.69, 9.17) is 5.21 Å². The lowest BCUT2D eigenvalue weighted by atomic mass is 10.1. The van der Waals surface area contributed by atoms with E-state index < -0.39 is 17.7 Å². The van der Waals surface area contributed by atoms with E-state index >= 15 is 0 Å². The fraction of sp³-hybridized carbons (Fsp3) is 0.182. The second kappa shape index (κ2) is 5.09. The van der Waals surface area contributed by atoms with Gasteiger partial charge in [0.1, 0.15) is 0 Å². The normalized spacial score (nSPS) is 12.7. The molecule has 0 aliphatic rings. The summed E-state index contributed by atoms with van der Waals surface area (Å²) in [6.07, 6.45) is 0.0607. The monoisotopic (exact) mass is 270 g/mol. The summed E-state index contributed by atoms with van der Waals surface area (Å²) >= 11 is 0. The number of halogens is 3. The molecule has 2 N–H and O–H groups in total. The number of hydrogen-bond donors (Lipinski definition) is 2. The van der Waals surface area contributed by atoms with Crippen molar-refractivity contribution < 1.29 is 18.4 Å². The van der Waals surface area contributed by atoms with E-state index in [1.165, 1.54) is 6.20 Å². The van der Waals surface area contributed by atoms with Gasteiger partial charge in [0.15, 0.2) is 5.82 Å². The highest BCUT2D eigenvalue weighted by molar-refractivity contribution is 6.01. The van der Waals surface area contributed by atoms with Crippen molar-refractivity contribution in [2.75, 3.05) is 0 Å². The number of pyridine rings is 1. The van der Waals surface area contributed by atoms with Crippen LogP contribution in [0.15, 0.2) is 35.9 Å². The summed E-state index contributed by atoms with van der Waals surface area (Å²) < 4.78 is 37.4. The topological polar surface area (TPSA) is 74.2 Å². The molecule has 0 aliphatic heterocycles. The molecule has 0 aromatic carbocycles. The number of H-pyrrole nitrogens is 1. The molecule has 0 aliphatic carbocycles. The highest BCUT2D eigenvalue weighted by atomic mass is 19.4. The standard InChI is InChI=1S/C11H9F3N4O/c12-11(13,14)9(18-19)10-16-6-8(17-10)5-7-1-3-15-4-2-7/h1-4,6,19H,5H2,(H,16,17)/b18-9-. The molecule has 2 rings (SSSR count). The molecule has 5 nitrogen and oxygen atoms in total. The van der Waals surface area contributed by atoms with Crippen LogP contribution in [-0.2, 0) is 6.42 Å². The molecule has 2 heterocycles. The van der Waals surface area contributed by atoms with Crippen LogP contribution >= 0.6 is 0 Å². The minimum absolute atomic E-state index is 0.381. The van der Waals surface area contributed by atoms with Crippen LogP contribution in [0.25, 0.3) is 0 Å². The van der Waals surface area contributed by atoms with Gasteiger partial charge in [0.25, 0.3) is 0 Å². The third kappa shape index (κ3) is 3.09. The van der Waals surface area contributed by atoms with Crippen molar-refractivity contribution in [3.8, 4) is 0 Å². The molecule has 0 saturated carbocycles. The first kappa shape index (κ1) is 13.1. The lowest BCUT2D eigenvalue weighted by molar-refractivity contribution is -0.0604. The molecular formula is C11H9F3N4O. The van der Waals surface area contributed by atoms with E-state index in [2.05, 4.69) is 20.1 Å². The summed E-state index contributed by atoms with van der Waals surface area (Å²) in [6.45, 7) is 0. The van der Waals surface area contributed by atoms with Gasteiger partial charge in [-0.1, -0.05) is 5.16 Å².